The fourth-order valence-corrected chi connectivity index (χ4v) is 1.89. The van der Waals surface area contributed by atoms with Crippen LogP contribution >= 0.6 is 0 Å². The summed E-state index contributed by atoms with van der Waals surface area (Å²) in [6.07, 6.45) is 3.14. The lowest BCUT2D eigenvalue weighted by molar-refractivity contribution is 0.914. The van der Waals surface area contributed by atoms with Crippen LogP contribution in [0.15, 0.2) is 40.4 Å². The van der Waals surface area contributed by atoms with Crippen molar-refractivity contribution >= 4 is 17.7 Å². The summed E-state index contributed by atoms with van der Waals surface area (Å²) in [4.78, 5) is 22.8. The lowest BCUT2D eigenvalue weighted by atomic mass is 10.2. The van der Waals surface area contributed by atoms with Crippen molar-refractivity contribution in [2.24, 2.45) is 4.99 Å². The van der Waals surface area contributed by atoms with Crippen molar-refractivity contribution in [2.45, 2.75) is 13.8 Å². The van der Waals surface area contributed by atoms with Crippen molar-refractivity contribution in [3.05, 3.63) is 46.5 Å². The van der Waals surface area contributed by atoms with Crippen LogP contribution in [-0.4, -0.2) is 29.9 Å². The van der Waals surface area contributed by atoms with Gasteiger partial charge < -0.3 is 4.90 Å². The van der Waals surface area contributed by atoms with Crippen LogP contribution in [0.1, 0.15) is 12.5 Å². The highest BCUT2D eigenvalue weighted by molar-refractivity contribution is 5.68. The molecule has 0 N–H and O–H groups in total. The van der Waals surface area contributed by atoms with Crippen molar-refractivity contribution in [1.82, 2.24) is 9.55 Å². The number of anilines is 1. The van der Waals surface area contributed by atoms with Crippen molar-refractivity contribution in [1.29, 1.82) is 0 Å². The number of hydrogen-bond donors (Lipinski definition) is 0. The van der Waals surface area contributed by atoms with Crippen LogP contribution in [0.2, 0.25) is 0 Å². The molecule has 0 unspecified atom stereocenters. The first-order chi connectivity index (χ1) is 9.54. The van der Waals surface area contributed by atoms with Gasteiger partial charge in [0.25, 0.3) is 5.56 Å². The van der Waals surface area contributed by atoms with Crippen LogP contribution < -0.4 is 10.5 Å². The van der Waals surface area contributed by atoms with Gasteiger partial charge >= 0.3 is 0 Å². The molecule has 5 nitrogen and oxygen atoms in total. The Balaban J connectivity index is 2.65. The van der Waals surface area contributed by atoms with E-state index in [-0.39, 0.29) is 5.56 Å². The monoisotopic (exact) mass is 270 g/mol. The van der Waals surface area contributed by atoms with E-state index in [9.17, 15) is 4.79 Å². The zero-order chi connectivity index (χ0) is 14.7. The first kappa shape index (κ1) is 14.0. The summed E-state index contributed by atoms with van der Waals surface area (Å²) in [7, 11) is 3.68. The second-order valence-corrected chi connectivity index (χ2v) is 4.71. The Hall–Kier alpha value is -2.43. The summed E-state index contributed by atoms with van der Waals surface area (Å²) in [5.74, 6) is 0.566. The lowest BCUT2D eigenvalue weighted by Gasteiger charge is -2.15. The molecule has 0 spiro atoms. The first-order valence-corrected chi connectivity index (χ1v) is 6.39. The van der Waals surface area contributed by atoms with E-state index in [4.69, 9.17) is 0 Å². The normalized spacial score (nSPS) is 11.0. The maximum Gasteiger partial charge on any atom is 0.285 e. The predicted octanol–water partition coefficient (Wildman–Crippen LogP) is 2.33. The molecule has 0 aliphatic heterocycles. The number of aryl methyl sites for hydroxylation is 1. The van der Waals surface area contributed by atoms with Gasteiger partial charge in [-0.05, 0) is 26.0 Å². The van der Waals surface area contributed by atoms with E-state index in [1.165, 1.54) is 10.9 Å². The Morgan fingerprint density at radius 2 is 1.90 bits per heavy atom. The summed E-state index contributed by atoms with van der Waals surface area (Å²) in [5.41, 5.74) is 2.10. The van der Waals surface area contributed by atoms with E-state index in [0.717, 1.165) is 11.3 Å². The number of benzene rings is 1. The van der Waals surface area contributed by atoms with Gasteiger partial charge in [0, 0.05) is 20.3 Å². The molecule has 20 heavy (non-hydrogen) atoms. The Bertz CT molecular complexity index is 684. The molecule has 0 fully saturated rings. The molecule has 0 aliphatic carbocycles. The summed E-state index contributed by atoms with van der Waals surface area (Å²) < 4.78 is 1.51. The zero-order valence-corrected chi connectivity index (χ0v) is 12.2. The molecule has 2 rings (SSSR count). The van der Waals surface area contributed by atoms with Crippen molar-refractivity contribution in [3.8, 4) is 5.69 Å². The highest BCUT2D eigenvalue weighted by atomic mass is 16.1. The minimum atomic E-state index is -0.175. The SMILES string of the molecule is CC=Nc1c(N(C)C)ncn(-c2ccc(C)cc2)c1=O. The van der Waals surface area contributed by atoms with Gasteiger partial charge in [-0.1, -0.05) is 17.7 Å². The second-order valence-electron chi connectivity index (χ2n) is 4.71. The van der Waals surface area contributed by atoms with Gasteiger partial charge in [0.15, 0.2) is 11.5 Å². The molecule has 0 radical (unpaired) electrons. The third-order valence-corrected chi connectivity index (χ3v) is 2.92. The molecule has 0 bridgehead atoms. The van der Waals surface area contributed by atoms with E-state index >= 15 is 0 Å². The molecule has 0 saturated heterocycles. The molecule has 0 atom stereocenters. The summed E-state index contributed by atoms with van der Waals surface area (Å²) in [5, 5.41) is 0. The summed E-state index contributed by atoms with van der Waals surface area (Å²) in [6, 6.07) is 7.72. The van der Waals surface area contributed by atoms with E-state index in [1.807, 2.05) is 45.3 Å². The number of nitrogens with zero attached hydrogens (tertiary/aromatic N) is 4. The minimum Gasteiger partial charge on any atom is -0.361 e. The molecule has 0 amide bonds. The van der Waals surface area contributed by atoms with Crippen LogP contribution in [0.4, 0.5) is 11.5 Å². The molecule has 104 valence electrons. The Kier molecular flexibility index (Phi) is 3.98. The third kappa shape index (κ3) is 2.61. The predicted molar refractivity (Wildman–Crippen MR) is 82.7 cm³/mol. The van der Waals surface area contributed by atoms with Gasteiger partial charge in [0.2, 0.25) is 0 Å². The Labute approximate surface area is 118 Å². The second kappa shape index (κ2) is 5.69. The smallest absolute Gasteiger partial charge is 0.285 e. The Morgan fingerprint density at radius 1 is 1.25 bits per heavy atom. The van der Waals surface area contributed by atoms with Crippen LogP contribution in [0.3, 0.4) is 0 Å². The number of aliphatic imine (C=N–C) groups is 1. The van der Waals surface area contributed by atoms with Gasteiger partial charge in [-0.2, -0.15) is 0 Å². The molecular formula is C15H18N4O. The number of aromatic nitrogens is 2. The first-order valence-electron chi connectivity index (χ1n) is 6.39. The lowest BCUT2D eigenvalue weighted by Crippen LogP contribution is -2.22. The highest BCUT2D eigenvalue weighted by Crippen LogP contribution is 2.20. The van der Waals surface area contributed by atoms with E-state index in [2.05, 4.69) is 9.98 Å². The molecule has 0 aliphatic rings. The van der Waals surface area contributed by atoms with Crippen molar-refractivity contribution < 1.29 is 0 Å². The Morgan fingerprint density at radius 3 is 2.45 bits per heavy atom. The van der Waals surface area contributed by atoms with Crippen LogP contribution in [0.5, 0.6) is 0 Å². The molecule has 2 aromatic rings. The largest absolute Gasteiger partial charge is 0.361 e. The van der Waals surface area contributed by atoms with Crippen LogP contribution in [0, 0.1) is 6.92 Å². The summed E-state index contributed by atoms with van der Waals surface area (Å²) in [6.45, 7) is 3.79. The fourth-order valence-electron chi connectivity index (χ4n) is 1.89. The van der Waals surface area contributed by atoms with Gasteiger partial charge in [-0.3, -0.25) is 14.4 Å². The molecule has 0 saturated carbocycles. The number of hydrogen-bond acceptors (Lipinski definition) is 4. The molecule has 1 aromatic carbocycles. The van der Waals surface area contributed by atoms with Crippen LogP contribution in [0.25, 0.3) is 5.69 Å². The van der Waals surface area contributed by atoms with Crippen molar-refractivity contribution in [3.63, 3.8) is 0 Å². The topological polar surface area (TPSA) is 50.5 Å². The van der Waals surface area contributed by atoms with E-state index in [1.54, 1.807) is 18.0 Å². The zero-order valence-electron chi connectivity index (χ0n) is 12.2. The molecule has 1 aromatic heterocycles. The molecule has 1 heterocycles. The standard InChI is InChI=1S/C15H18N4O/c1-5-16-13-14(18(3)4)17-10-19(15(13)20)12-8-6-11(2)7-9-12/h5-10H,1-4H3. The van der Waals surface area contributed by atoms with Crippen molar-refractivity contribution in [2.75, 3.05) is 19.0 Å². The maximum atomic E-state index is 12.6. The average molecular weight is 270 g/mol. The van der Waals surface area contributed by atoms with Gasteiger partial charge in [0.1, 0.15) is 6.33 Å². The van der Waals surface area contributed by atoms with E-state index in [0.29, 0.717) is 11.5 Å². The number of rotatable bonds is 3. The molecule has 5 heteroatoms. The highest BCUT2D eigenvalue weighted by Gasteiger charge is 2.13. The average Bonchev–Trinajstić information content (AvgIpc) is 2.42. The van der Waals surface area contributed by atoms with Gasteiger partial charge in [-0.25, -0.2) is 4.98 Å². The molecular weight excluding hydrogens is 252 g/mol. The fraction of sp³-hybridized carbons (Fsp3) is 0.267. The van der Waals surface area contributed by atoms with Gasteiger partial charge in [-0.15, -0.1) is 0 Å². The quantitative estimate of drug-likeness (QED) is 0.804. The minimum absolute atomic E-state index is 0.175. The third-order valence-electron chi connectivity index (χ3n) is 2.92. The summed E-state index contributed by atoms with van der Waals surface area (Å²) >= 11 is 0. The van der Waals surface area contributed by atoms with Crippen LogP contribution in [-0.2, 0) is 0 Å². The van der Waals surface area contributed by atoms with E-state index < -0.39 is 0 Å². The maximum absolute atomic E-state index is 12.6. The van der Waals surface area contributed by atoms with Gasteiger partial charge in [0.05, 0.1) is 5.69 Å².